The number of aromatic nitrogens is 3. The number of nitrogens with zero attached hydrogens (tertiary/aromatic N) is 3. The molecule has 1 saturated carbocycles. The Morgan fingerprint density at radius 2 is 2.22 bits per heavy atom. The van der Waals surface area contributed by atoms with Gasteiger partial charge in [-0.3, -0.25) is 4.79 Å². The van der Waals surface area contributed by atoms with Crippen molar-refractivity contribution < 1.29 is 4.79 Å². The van der Waals surface area contributed by atoms with E-state index in [9.17, 15) is 4.79 Å². The van der Waals surface area contributed by atoms with E-state index in [-0.39, 0.29) is 17.7 Å². The van der Waals surface area contributed by atoms with E-state index < -0.39 is 0 Å². The predicted octanol–water partition coefficient (Wildman–Crippen LogP) is 2.49. The number of thioether (sulfide) groups is 1. The van der Waals surface area contributed by atoms with Crippen LogP contribution >= 0.6 is 23.4 Å². The molecule has 1 aromatic carbocycles. The van der Waals surface area contributed by atoms with E-state index >= 15 is 0 Å². The van der Waals surface area contributed by atoms with Crippen LogP contribution < -0.4 is 11.2 Å². The molecule has 1 amide bonds. The Balaban J connectivity index is 1.54. The van der Waals surface area contributed by atoms with Crippen molar-refractivity contribution in [1.29, 1.82) is 0 Å². The summed E-state index contributed by atoms with van der Waals surface area (Å²) < 4.78 is 1.49. The number of halogens is 1. The fourth-order valence-corrected chi connectivity index (χ4v) is 3.30. The second-order valence-electron chi connectivity index (χ2n) is 5.58. The Kier molecular flexibility index (Phi) is 4.77. The zero-order chi connectivity index (χ0) is 16.4. The molecular formula is C15H18ClN5OS. The molecule has 0 unspecified atom stereocenters. The standard InChI is InChI=1S/C15H18ClN5OS/c1-9(11-4-2-3-5-12(11)16)18-13(22)8-23-15-20-19-14(21(15)17)10-6-7-10/h2-5,9-10H,6-8,17H2,1H3,(H,18,22)/t9-/m1/s1. The van der Waals surface area contributed by atoms with Crippen LogP contribution in [0.2, 0.25) is 5.02 Å². The predicted molar refractivity (Wildman–Crippen MR) is 90.9 cm³/mol. The van der Waals surface area contributed by atoms with Crippen LogP contribution in [0.4, 0.5) is 0 Å². The first-order valence-electron chi connectivity index (χ1n) is 7.43. The number of amides is 1. The van der Waals surface area contributed by atoms with Gasteiger partial charge in [0, 0.05) is 10.9 Å². The zero-order valence-electron chi connectivity index (χ0n) is 12.7. The molecule has 1 heterocycles. The molecule has 1 aliphatic rings. The molecule has 8 heteroatoms. The summed E-state index contributed by atoms with van der Waals surface area (Å²) in [7, 11) is 0. The van der Waals surface area contributed by atoms with Gasteiger partial charge in [-0.25, -0.2) is 4.68 Å². The van der Waals surface area contributed by atoms with Crippen molar-refractivity contribution in [2.45, 2.75) is 36.9 Å². The van der Waals surface area contributed by atoms with Crippen LogP contribution in [-0.2, 0) is 4.79 Å². The Bertz CT molecular complexity index is 716. The van der Waals surface area contributed by atoms with Gasteiger partial charge < -0.3 is 11.2 Å². The van der Waals surface area contributed by atoms with Crippen molar-refractivity contribution in [2.75, 3.05) is 11.6 Å². The third kappa shape index (κ3) is 3.79. The highest BCUT2D eigenvalue weighted by Crippen LogP contribution is 2.39. The van der Waals surface area contributed by atoms with Gasteiger partial charge in [0.1, 0.15) is 0 Å². The first kappa shape index (κ1) is 16.1. The van der Waals surface area contributed by atoms with Crippen LogP contribution in [0.1, 0.15) is 43.1 Å². The lowest BCUT2D eigenvalue weighted by atomic mass is 10.1. The lowest BCUT2D eigenvalue weighted by Crippen LogP contribution is -2.28. The summed E-state index contributed by atoms with van der Waals surface area (Å²) in [6, 6.07) is 7.31. The third-order valence-electron chi connectivity index (χ3n) is 3.71. The van der Waals surface area contributed by atoms with Crippen molar-refractivity contribution in [1.82, 2.24) is 20.2 Å². The van der Waals surface area contributed by atoms with Gasteiger partial charge in [-0.05, 0) is 31.4 Å². The molecule has 1 atom stereocenters. The SMILES string of the molecule is C[C@@H](NC(=O)CSc1nnc(C2CC2)n1N)c1ccccc1Cl. The smallest absolute Gasteiger partial charge is 0.230 e. The van der Waals surface area contributed by atoms with E-state index in [2.05, 4.69) is 15.5 Å². The molecule has 1 aromatic heterocycles. The average molecular weight is 352 g/mol. The van der Waals surface area contributed by atoms with Gasteiger partial charge in [-0.1, -0.05) is 41.6 Å². The number of hydrogen-bond acceptors (Lipinski definition) is 5. The van der Waals surface area contributed by atoms with Crippen LogP contribution in [0.3, 0.4) is 0 Å². The number of carbonyl (C=O) groups excluding carboxylic acids is 1. The maximum atomic E-state index is 12.1. The maximum Gasteiger partial charge on any atom is 0.230 e. The Morgan fingerprint density at radius 3 is 2.91 bits per heavy atom. The summed E-state index contributed by atoms with van der Waals surface area (Å²) in [5.74, 6) is 7.33. The zero-order valence-corrected chi connectivity index (χ0v) is 14.3. The molecule has 3 rings (SSSR count). The molecule has 6 nitrogen and oxygen atoms in total. The Morgan fingerprint density at radius 1 is 1.48 bits per heavy atom. The van der Waals surface area contributed by atoms with E-state index in [1.54, 1.807) is 0 Å². The number of carbonyl (C=O) groups is 1. The highest BCUT2D eigenvalue weighted by Gasteiger charge is 2.30. The average Bonchev–Trinajstić information content (AvgIpc) is 3.29. The Labute approximate surface area is 143 Å². The molecule has 0 radical (unpaired) electrons. The van der Waals surface area contributed by atoms with Gasteiger partial charge in [0.05, 0.1) is 11.8 Å². The first-order chi connectivity index (χ1) is 11.1. The van der Waals surface area contributed by atoms with Gasteiger partial charge in [-0.2, -0.15) is 0 Å². The number of nitrogens with one attached hydrogen (secondary N) is 1. The molecule has 2 aromatic rings. The topological polar surface area (TPSA) is 85.8 Å². The summed E-state index contributed by atoms with van der Waals surface area (Å²) in [4.78, 5) is 12.1. The third-order valence-corrected chi connectivity index (χ3v) is 5.00. The number of rotatable bonds is 6. The molecule has 0 saturated heterocycles. The van der Waals surface area contributed by atoms with Gasteiger partial charge in [0.25, 0.3) is 0 Å². The second-order valence-corrected chi connectivity index (χ2v) is 6.93. The summed E-state index contributed by atoms with van der Waals surface area (Å²) in [6.07, 6.45) is 2.21. The van der Waals surface area contributed by atoms with Crippen molar-refractivity contribution in [2.24, 2.45) is 0 Å². The van der Waals surface area contributed by atoms with Crippen LogP contribution in [0.25, 0.3) is 0 Å². The quantitative estimate of drug-likeness (QED) is 0.617. The first-order valence-corrected chi connectivity index (χ1v) is 8.79. The van der Waals surface area contributed by atoms with E-state index in [0.29, 0.717) is 16.1 Å². The summed E-state index contributed by atoms with van der Waals surface area (Å²) in [5, 5.41) is 12.3. The lowest BCUT2D eigenvalue weighted by Gasteiger charge is -2.15. The van der Waals surface area contributed by atoms with Crippen LogP contribution in [0.5, 0.6) is 0 Å². The van der Waals surface area contributed by atoms with Crippen molar-refractivity contribution in [3.05, 3.63) is 40.7 Å². The fourth-order valence-electron chi connectivity index (χ4n) is 2.32. The van der Waals surface area contributed by atoms with Crippen molar-refractivity contribution in [3.8, 4) is 0 Å². The molecule has 0 spiro atoms. The molecule has 1 aliphatic carbocycles. The lowest BCUT2D eigenvalue weighted by molar-refractivity contribution is -0.119. The maximum absolute atomic E-state index is 12.1. The summed E-state index contributed by atoms with van der Waals surface area (Å²) in [6.45, 7) is 1.90. The van der Waals surface area contributed by atoms with E-state index in [4.69, 9.17) is 17.4 Å². The van der Waals surface area contributed by atoms with E-state index in [0.717, 1.165) is 24.2 Å². The molecule has 3 N–H and O–H groups in total. The molecular weight excluding hydrogens is 334 g/mol. The summed E-state index contributed by atoms with van der Waals surface area (Å²) >= 11 is 7.42. The van der Waals surface area contributed by atoms with Gasteiger partial charge in [-0.15, -0.1) is 10.2 Å². The van der Waals surface area contributed by atoms with Crippen LogP contribution in [0.15, 0.2) is 29.4 Å². The minimum Gasteiger partial charge on any atom is -0.349 e. The van der Waals surface area contributed by atoms with Gasteiger partial charge >= 0.3 is 0 Å². The Hall–Kier alpha value is -1.73. The largest absolute Gasteiger partial charge is 0.349 e. The molecule has 23 heavy (non-hydrogen) atoms. The normalized spacial score (nSPS) is 15.4. The number of nitrogens with two attached hydrogens (primary N) is 1. The van der Waals surface area contributed by atoms with E-state index in [1.807, 2.05) is 31.2 Å². The minimum atomic E-state index is -0.158. The number of nitrogen functional groups attached to an aromatic ring is 1. The molecule has 0 bridgehead atoms. The van der Waals surface area contributed by atoms with Gasteiger partial charge in [0.15, 0.2) is 5.82 Å². The fraction of sp³-hybridized carbons (Fsp3) is 0.400. The molecule has 0 aliphatic heterocycles. The van der Waals surface area contributed by atoms with Crippen LogP contribution in [-0.4, -0.2) is 26.5 Å². The minimum absolute atomic E-state index is 0.0987. The van der Waals surface area contributed by atoms with Gasteiger partial charge in [0.2, 0.25) is 11.1 Å². The highest BCUT2D eigenvalue weighted by atomic mass is 35.5. The number of benzene rings is 1. The summed E-state index contributed by atoms with van der Waals surface area (Å²) in [5.41, 5.74) is 0.894. The number of hydrogen-bond donors (Lipinski definition) is 2. The van der Waals surface area contributed by atoms with Crippen molar-refractivity contribution >= 4 is 29.3 Å². The second kappa shape index (κ2) is 6.80. The van der Waals surface area contributed by atoms with E-state index in [1.165, 1.54) is 16.4 Å². The monoisotopic (exact) mass is 351 g/mol. The molecule has 122 valence electrons. The van der Waals surface area contributed by atoms with Crippen molar-refractivity contribution in [3.63, 3.8) is 0 Å². The highest BCUT2D eigenvalue weighted by molar-refractivity contribution is 7.99. The molecule has 1 fully saturated rings. The van der Waals surface area contributed by atoms with Crippen LogP contribution in [0, 0.1) is 0 Å².